The highest BCUT2D eigenvalue weighted by Gasteiger charge is 1.96. The van der Waals surface area contributed by atoms with E-state index in [0.717, 1.165) is 18.4 Å². The SMILES string of the molecule is BrCCCN1C=CC=CC1. The fourth-order valence-electron chi connectivity index (χ4n) is 0.936. The lowest BCUT2D eigenvalue weighted by Crippen LogP contribution is -2.20. The van der Waals surface area contributed by atoms with Crippen molar-refractivity contribution < 1.29 is 0 Å². The standard InChI is InChI=1S/C8H12BrN/c9-5-4-8-10-6-2-1-3-7-10/h1-3,6H,4-5,7-8H2. The molecule has 0 bridgehead atoms. The van der Waals surface area contributed by atoms with E-state index in [1.807, 2.05) is 0 Å². The Morgan fingerprint density at radius 1 is 1.40 bits per heavy atom. The fourth-order valence-corrected chi connectivity index (χ4v) is 1.19. The van der Waals surface area contributed by atoms with Crippen LogP contribution in [0.2, 0.25) is 0 Å². The maximum absolute atomic E-state index is 3.41. The summed E-state index contributed by atoms with van der Waals surface area (Å²) in [5.41, 5.74) is 0. The van der Waals surface area contributed by atoms with Crippen molar-refractivity contribution in [2.75, 3.05) is 18.4 Å². The number of halogens is 1. The second-order valence-electron chi connectivity index (χ2n) is 2.31. The summed E-state index contributed by atoms with van der Waals surface area (Å²) in [7, 11) is 0. The van der Waals surface area contributed by atoms with E-state index in [-0.39, 0.29) is 0 Å². The molecule has 1 aliphatic heterocycles. The minimum atomic E-state index is 1.07. The van der Waals surface area contributed by atoms with Crippen LogP contribution in [0, 0.1) is 0 Å². The minimum Gasteiger partial charge on any atom is -0.374 e. The van der Waals surface area contributed by atoms with Crippen LogP contribution in [-0.4, -0.2) is 23.3 Å². The molecule has 56 valence electrons. The van der Waals surface area contributed by atoms with Crippen LogP contribution in [0.3, 0.4) is 0 Å². The zero-order chi connectivity index (χ0) is 7.23. The summed E-state index contributed by atoms with van der Waals surface area (Å²) in [4.78, 5) is 2.31. The first kappa shape index (κ1) is 7.86. The van der Waals surface area contributed by atoms with Crippen molar-refractivity contribution in [2.24, 2.45) is 0 Å². The Morgan fingerprint density at radius 3 is 2.90 bits per heavy atom. The van der Waals surface area contributed by atoms with Crippen LogP contribution in [0.1, 0.15) is 6.42 Å². The summed E-state index contributed by atoms with van der Waals surface area (Å²) in [6.07, 6.45) is 9.71. The third kappa shape index (κ3) is 2.56. The van der Waals surface area contributed by atoms with E-state index in [1.165, 1.54) is 6.42 Å². The molecule has 0 spiro atoms. The van der Waals surface area contributed by atoms with E-state index < -0.39 is 0 Å². The van der Waals surface area contributed by atoms with E-state index in [9.17, 15) is 0 Å². The lowest BCUT2D eigenvalue weighted by molar-refractivity contribution is 0.413. The Bertz CT molecular complexity index is 140. The number of hydrogen-bond acceptors (Lipinski definition) is 1. The Kier molecular flexibility index (Phi) is 3.58. The molecule has 0 saturated carbocycles. The zero-order valence-electron chi connectivity index (χ0n) is 5.96. The highest BCUT2D eigenvalue weighted by atomic mass is 79.9. The smallest absolute Gasteiger partial charge is 0.0357 e. The van der Waals surface area contributed by atoms with Gasteiger partial charge in [0.05, 0.1) is 0 Å². The number of nitrogens with zero attached hydrogens (tertiary/aromatic N) is 1. The van der Waals surface area contributed by atoms with Crippen molar-refractivity contribution in [3.05, 3.63) is 24.4 Å². The molecule has 10 heavy (non-hydrogen) atoms. The van der Waals surface area contributed by atoms with E-state index in [0.29, 0.717) is 0 Å². The molecular weight excluding hydrogens is 190 g/mol. The summed E-state index contributed by atoms with van der Waals surface area (Å²) in [6, 6.07) is 0. The van der Waals surface area contributed by atoms with Gasteiger partial charge in [0.25, 0.3) is 0 Å². The Hall–Kier alpha value is -0.240. The molecule has 0 aromatic carbocycles. The van der Waals surface area contributed by atoms with Crippen LogP contribution in [-0.2, 0) is 0 Å². The number of alkyl halides is 1. The molecule has 2 heteroatoms. The van der Waals surface area contributed by atoms with Gasteiger partial charge in [0.15, 0.2) is 0 Å². The lowest BCUT2D eigenvalue weighted by Gasteiger charge is -2.19. The molecule has 1 rings (SSSR count). The van der Waals surface area contributed by atoms with Gasteiger partial charge in [-0.3, -0.25) is 0 Å². The predicted octanol–water partition coefficient (Wildman–Crippen LogP) is 2.16. The summed E-state index contributed by atoms with van der Waals surface area (Å²) < 4.78 is 0. The average molecular weight is 202 g/mol. The van der Waals surface area contributed by atoms with Gasteiger partial charge in [-0.1, -0.05) is 28.1 Å². The molecule has 0 N–H and O–H groups in total. The summed E-state index contributed by atoms with van der Waals surface area (Å²) in [5, 5.41) is 1.10. The van der Waals surface area contributed by atoms with Gasteiger partial charge in [-0.25, -0.2) is 0 Å². The molecule has 1 aliphatic rings. The molecule has 0 amide bonds. The molecule has 0 fully saturated rings. The molecule has 0 aromatic heterocycles. The monoisotopic (exact) mass is 201 g/mol. The molecule has 1 heterocycles. The Morgan fingerprint density at radius 2 is 2.30 bits per heavy atom. The van der Waals surface area contributed by atoms with E-state index in [2.05, 4.69) is 45.3 Å². The van der Waals surface area contributed by atoms with Gasteiger partial charge in [-0.05, 0) is 18.7 Å². The average Bonchev–Trinajstić information content (AvgIpc) is 2.03. The Balaban J connectivity index is 2.17. The molecule has 0 aliphatic carbocycles. The lowest BCUT2D eigenvalue weighted by atomic mass is 10.3. The zero-order valence-corrected chi connectivity index (χ0v) is 7.55. The van der Waals surface area contributed by atoms with Crippen LogP contribution < -0.4 is 0 Å². The maximum atomic E-state index is 3.41. The first-order valence-electron chi connectivity index (χ1n) is 3.57. The first-order chi connectivity index (χ1) is 4.93. The molecule has 0 radical (unpaired) electrons. The van der Waals surface area contributed by atoms with Gasteiger partial charge in [0.1, 0.15) is 0 Å². The van der Waals surface area contributed by atoms with Crippen LogP contribution >= 0.6 is 15.9 Å². The molecular formula is C8H12BrN. The van der Waals surface area contributed by atoms with Gasteiger partial charge in [-0.15, -0.1) is 0 Å². The quantitative estimate of drug-likeness (QED) is 0.634. The van der Waals surface area contributed by atoms with Gasteiger partial charge in [-0.2, -0.15) is 0 Å². The number of rotatable bonds is 3. The van der Waals surface area contributed by atoms with Crippen molar-refractivity contribution in [2.45, 2.75) is 6.42 Å². The van der Waals surface area contributed by atoms with Crippen LogP contribution in [0.15, 0.2) is 24.4 Å². The molecule has 1 nitrogen and oxygen atoms in total. The highest BCUT2D eigenvalue weighted by Crippen LogP contribution is 2.00. The highest BCUT2D eigenvalue weighted by molar-refractivity contribution is 9.09. The van der Waals surface area contributed by atoms with Gasteiger partial charge >= 0.3 is 0 Å². The van der Waals surface area contributed by atoms with Crippen molar-refractivity contribution in [3.63, 3.8) is 0 Å². The number of allylic oxidation sites excluding steroid dienone is 2. The molecule has 0 aromatic rings. The van der Waals surface area contributed by atoms with Crippen LogP contribution in [0.25, 0.3) is 0 Å². The van der Waals surface area contributed by atoms with Crippen molar-refractivity contribution >= 4 is 15.9 Å². The predicted molar refractivity (Wildman–Crippen MR) is 48.3 cm³/mol. The van der Waals surface area contributed by atoms with E-state index in [1.54, 1.807) is 0 Å². The summed E-state index contributed by atoms with van der Waals surface area (Å²) in [5.74, 6) is 0. The Labute approximate surface area is 70.5 Å². The van der Waals surface area contributed by atoms with Gasteiger partial charge in [0.2, 0.25) is 0 Å². The largest absolute Gasteiger partial charge is 0.374 e. The van der Waals surface area contributed by atoms with Crippen molar-refractivity contribution in [3.8, 4) is 0 Å². The van der Waals surface area contributed by atoms with Crippen molar-refractivity contribution in [1.82, 2.24) is 4.90 Å². The maximum Gasteiger partial charge on any atom is 0.0357 e. The second-order valence-corrected chi connectivity index (χ2v) is 3.10. The van der Waals surface area contributed by atoms with Crippen molar-refractivity contribution in [1.29, 1.82) is 0 Å². The van der Waals surface area contributed by atoms with E-state index in [4.69, 9.17) is 0 Å². The summed E-state index contributed by atoms with van der Waals surface area (Å²) >= 11 is 3.41. The number of hydrogen-bond donors (Lipinski definition) is 0. The normalized spacial score (nSPS) is 16.3. The second kappa shape index (κ2) is 4.56. The first-order valence-corrected chi connectivity index (χ1v) is 4.69. The van der Waals surface area contributed by atoms with E-state index >= 15 is 0 Å². The van der Waals surface area contributed by atoms with Gasteiger partial charge in [0, 0.05) is 18.4 Å². The topological polar surface area (TPSA) is 3.24 Å². The molecule has 0 saturated heterocycles. The third-order valence-corrected chi connectivity index (χ3v) is 2.02. The molecule has 0 unspecified atom stereocenters. The third-order valence-electron chi connectivity index (χ3n) is 1.46. The fraction of sp³-hybridized carbons (Fsp3) is 0.500. The van der Waals surface area contributed by atoms with Crippen LogP contribution in [0.4, 0.5) is 0 Å². The molecule has 0 atom stereocenters. The van der Waals surface area contributed by atoms with Crippen LogP contribution in [0.5, 0.6) is 0 Å². The minimum absolute atomic E-state index is 1.07. The van der Waals surface area contributed by atoms with Gasteiger partial charge < -0.3 is 4.90 Å². The summed E-state index contributed by atoms with van der Waals surface area (Å²) in [6.45, 7) is 2.23.